The number of rotatable bonds is 7. The Labute approximate surface area is 177 Å². The highest BCUT2D eigenvalue weighted by molar-refractivity contribution is 4.88. The zero-order chi connectivity index (χ0) is 20.1. The molecule has 168 valence electrons. The minimum Gasteiger partial charge on any atom is -0.395 e. The van der Waals surface area contributed by atoms with Crippen LogP contribution in [0.1, 0.15) is 64.2 Å². The molecule has 0 aromatic heterocycles. The number of nitrogens with zero attached hydrogens (tertiary/aromatic N) is 1. The Morgan fingerprint density at radius 2 is 1.66 bits per heavy atom. The maximum Gasteiger partial charge on any atom is 0.112 e. The maximum absolute atomic E-state index is 9.54. The second-order valence-electron chi connectivity index (χ2n) is 10.1. The third-order valence-electron chi connectivity index (χ3n) is 8.34. The molecule has 6 nitrogen and oxygen atoms in total. The Kier molecular flexibility index (Phi) is 8.24. The normalized spacial score (nSPS) is 42.2. The van der Waals surface area contributed by atoms with Gasteiger partial charge in [-0.3, -0.25) is 20.9 Å². The van der Waals surface area contributed by atoms with Crippen molar-refractivity contribution in [2.75, 3.05) is 39.9 Å². The van der Waals surface area contributed by atoms with Crippen molar-refractivity contribution in [1.82, 2.24) is 20.9 Å². The first-order valence-corrected chi connectivity index (χ1v) is 12.4. The van der Waals surface area contributed by atoms with Crippen LogP contribution in [0.15, 0.2) is 0 Å². The molecule has 0 bridgehead atoms. The summed E-state index contributed by atoms with van der Waals surface area (Å²) in [5.74, 6) is 2.44. The third-order valence-corrected chi connectivity index (χ3v) is 8.34. The van der Waals surface area contributed by atoms with Crippen LogP contribution in [0, 0.1) is 17.8 Å². The molecule has 2 saturated heterocycles. The van der Waals surface area contributed by atoms with E-state index >= 15 is 0 Å². The van der Waals surface area contributed by atoms with E-state index in [9.17, 15) is 5.11 Å². The fourth-order valence-electron chi connectivity index (χ4n) is 6.35. The van der Waals surface area contributed by atoms with Crippen molar-refractivity contribution in [3.05, 3.63) is 0 Å². The topological polar surface area (TPSA) is 68.8 Å². The molecule has 0 aromatic carbocycles. The van der Waals surface area contributed by atoms with Gasteiger partial charge in [0, 0.05) is 38.8 Å². The van der Waals surface area contributed by atoms with Crippen molar-refractivity contribution in [3.8, 4) is 0 Å². The van der Waals surface area contributed by atoms with E-state index in [4.69, 9.17) is 4.74 Å². The quantitative estimate of drug-likeness (QED) is 0.516. The summed E-state index contributed by atoms with van der Waals surface area (Å²) in [6, 6.07) is 1.07. The number of likely N-dealkylation sites (tertiary alicyclic amines) is 1. The summed E-state index contributed by atoms with van der Waals surface area (Å²) in [5, 5.41) is 20.8. The van der Waals surface area contributed by atoms with E-state index in [1.807, 2.05) is 7.11 Å². The Hall–Kier alpha value is -0.240. The number of nitrogens with one attached hydrogen (secondary N) is 3. The Morgan fingerprint density at radius 3 is 2.31 bits per heavy atom. The molecular formula is C23H44N4O2. The number of aliphatic hydroxyl groups is 1. The van der Waals surface area contributed by atoms with Crippen LogP contribution in [-0.2, 0) is 4.74 Å². The molecule has 2 saturated carbocycles. The lowest BCUT2D eigenvalue weighted by Crippen LogP contribution is -2.63. The van der Waals surface area contributed by atoms with Gasteiger partial charge in [-0.25, -0.2) is 0 Å². The van der Waals surface area contributed by atoms with Crippen LogP contribution < -0.4 is 16.0 Å². The highest BCUT2D eigenvalue weighted by Gasteiger charge is 2.32. The minimum atomic E-state index is 0.278. The summed E-state index contributed by atoms with van der Waals surface area (Å²) in [7, 11) is 1.86. The minimum absolute atomic E-state index is 0.278. The van der Waals surface area contributed by atoms with E-state index in [1.165, 1.54) is 77.3 Å². The van der Waals surface area contributed by atoms with Gasteiger partial charge in [-0.05, 0) is 88.5 Å². The van der Waals surface area contributed by atoms with Crippen LogP contribution in [-0.4, -0.2) is 74.4 Å². The standard InChI is InChI=1S/C23H44N4O2/c1-29-22-10-6-18(7-11-22)19-13-24-23(25-14-19)26-20-8-4-17(5-9-20)15-27-12-2-3-21(27)16-28/h17-26,28H,2-16H2,1H3/t17?,18?,19?,20?,21-,22?,23?/m0/s1. The molecule has 0 radical (unpaired) electrons. The first-order valence-electron chi connectivity index (χ1n) is 12.4. The Balaban J connectivity index is 1.11. The summed E-state index contributed by atoms with van der Waals surface area (Å²) < 4.78 is 5.53. The number of aliphatic hydroxyl groups excluding tert-OH is 1. The van der Waals surface area contributed by atoms with Crippen molar-refractivity contribution < 1.29 is 9.84 Å². The van der Waals surface area contributed by atoms with Gasteiger partial charge in [0.1, 0.15) is 6.29 Å². The van der Waals surface area contributed by atoms with Crippen molar-refractivity contribution in [3.63, 3.8) is 0 Å². The summed E-state index contributed by atoms with van der Waals surface area (Å²) in [6.07, 6.45) is 13.6. The molecule has 6 heteroatoms. The molecular weight excluding hydrogens is 364 g/mol. The fourth-order valence-corrected chi connectivity index (χ4v) is 6.35. The van der Waals surface area contributed by atoms with E-state index < -0.39 is 0 Å². The monoisotopic (exact) mass is 408 g/mol. The average Bonchev–Trinajstić information content (AvgIpc) is 3.23. The Morgan fingerprint density at radius 1 is 0.931 bits per heavy atom. The molecule has 4 rings (SSSR count). The van der Waals surface area contributed by atoms with Crippen LogP contribution in [0.4, 0.5) is 0 Å². The van der Waals surface area contributed by atoms with E-state index in [-0.39, 0.29) is 6.29 Å². The van der Waals surface area contributed by atoms with Crippen molar-refractivity contribution in [2.24, 2.45) is 17.8 Å². The molecule has 1 atom stereocenters. The van der Waals surface area contributed by atoms with Crippen molar-refractivity contribution in [1.29, 1.82) is 0 Å². The number of hydrogen-bond donors (Lipinski definition) is 4. The second kappa shape index (κ2) is 10.9. The highest BCUT2D eigenvalue weighted by atomic mass is 16.5. The van der Waals surface area contributed by atoms with Gasteiger partial charge < -0.3 is 9.84 Å². The molecule has 4 aliphatic rings. The lowest BCUT2D eigenvalue weighted by Gasteiger charge is -2.41. The predicted molar refractivity (Wildman–Crippen MR) is 117 cm³/mol. The molecule has 2 aliphatic carbocycles. The molecule has 2 heterocycles. The molecule has 0 unspecified atom stereocenters. The van der Waals surface area contributed by atoms with Gasteiger partial charge in [-0.15, -0.1) is 0 Å². The van der Waals surface area contributed by atoms with E-state index in [0.717, 1.165) is 30.8 Å². The number of ether oxygens (including phenoxy) is 1. The van der Waals surface area contributed by atoms with Crippen LogP contribution in [0.5, 0.6) is 0 Å². The Bertz CT molecular complexity index is 469. The fraction of sp³-hybridized carbons (Fsp3) is 1.00. The van der Waals surface area contributed by atoms with Crippen molar-refractivity contribution in [2.45, 2.75) is 88.7 Å². The molecule has 2 aliphatic heterocycles. The zero-order valence-electron chi connectivity index (χ0n) is 18.5. The summed E-state index contributed by atoms with van der Waals surface area (Å²) in [4.78, 5) is 2.54. The second-order valence-corrected chi connectivity index (χ2v) is 10.1. The summed E-state index contributed by atoms with van der Waals surface area (Å²) in [5.41, 5.74) is 0. The molecule has 0 spiro atoms. The van der Waals surface area contributed by atoms with Gasteiger partial charge in [-0.2, -0.15) is 0 Å². The number of hydrogen-bond acceptors (Lipinski definition) is 6. The molecule has 4 N–H and O–H groups in total. The van der Waals surface area contributed by atoms with Gasteiger partial charge in [0.15, 0.2) is 0 Å². The number of methoxy groups -OCH3 is 1. The lowest BCUT2D eigenvalue weighted by atomic mass is 9.78. The molecule has 0 aromatic rings. The smallest absolute Gasteiger partial charge is 0.112 e. The highest BCUT2D eigenvalue weighted by Crippen LogP contribution is 2.32. The van der Waals surface area contributed by atoms with Crippen LogP contribution in [0.3, 0.4) is 0 Å². The van der Waals surface area contributed by atoms with Crippen LogP contribution in [0.25, 0.3) is 0 Å². The van der Waals surface area contributed by atoms with Gasteiger partial charge >= 0.3 is 0 Å². The van der Waals surface area contributed by atoms with E-state index in [0.29, 0.717) is 24.8 Å². The zero-order valence-corrected chi connectivity index (χ0v) is 18.5. The maximum atomic E-state index is 9.54. The van der Waals surface area contributed by atoms with E-state index in [1.54, 1.807) is 0 Å². The van der Waals surface area contributed by atoms with Crippen LogP contribution in [0.2, 0.25) is 0 Å². The van der Waals surface area contributed by atoms with Gasteiger partial charge in [0.25, 0.3) is 0 Å². The van der Waals surface area contributed by atoms with E-state index in [2.05, 4.69) is 20.9 Å². The van der Waals surface area contributed by atoms with Crippen molar-refractivity contribution >= 4 is 0 Å². The first-order chi connectivity index (χ1) is 14.2. The first kappa shape index (κ1) is 22.0. The predicted octanol–water partition coefficient (Wildman–Crippen LogP) is 1.89. The molecule has 4 fully saturated rings. The third kappa shape index (κ3) is 5.92. The lowest BCUT2D eigenvalue weighted by molar-refractivity contribution is 0.0413. The largest absolute Gasteiger partial charge is 0.395 e. The molecule has 29 heavy (non-hydrogen) atoms. The van der Waals surface area contributed by atoms with Gasteiger partial charge in [-0.1, -0.05) is 0 Å². The SMILES string of the molecule is COC1CCC(C2CNC(NC3CCC(CN4CCC[C@H]4CO)CC3)NC2)CC1. The molecule has 0 amide bonds. The van der Waals surface area contributed by atoms with Crippen LogP contribution >= 0.6 is 0 Å². The summed E-state index contributed by atoms with van der Waals surface area (Å²) in [6.45, 7) is 5.00. The average molecular weight is 409 g/mol. The van der Waals surface area contributed by atoms with Gasteiger partial charge in [0.2, 0.25) is 0 Å². The summed E-state index contributed by atoms with van der Waals surface area (Å²) >= 11 is 0. The van der Waals surface area contributed by atoms with Gasteiger partial charge in [0.05, 0.1) is 12.7 Å².